The van der Waals surface area contributed by atoms with Crippen molar-refractivity contribution >= 4 is 5.97 Å². The summed E-state index contributed by atoms with van der Waals surface area (Å²) >= 11 is 0. The fourth-order valence-corrected chi connectivity index (χ4v) is 0. The summed E-state index contributed by atoms with van der Waals surface area (Å²) in [7, 11) is 0. The van der Waals surface area contributed by atoms with Gasteiger partial charge in [-0.15, -0.1) is 6.58 Å². The van der Waals surface area contributed by atoms with E-state index in [1.54, 1.807) is 0 Å². The molecule has 0 aromatic heterocycles. The first kappa shape index (κ1) is 16.0. The van der Waals surface area contributed by atoms with Gasteiger partial charge in [-0.05, 0) is 13.8 Å². The standard InChI is InChI=1S/C4H8.C3H4O2.CH4/c1-4(2)3;1-2-3(4)5;/h1H2,2-3H3;2H,1H2,(H,4,5);1H4. The molecule has 0 rings (SSSR count). The van der Waals surface area contributed by atoms with Gasteiger partial charge in [0.2, 0.25) is 0 Å². The van der Waals surface area contributed by atoms with E-state index < -0.39 is 5.97 Å². The number of hydrogen-bond acceptors (Lipinski definition) is 1. The van der Waals surface area contributed by atoms with E-state index in [0.717, 1.165) is 6.08 Å². The Hall–Kier alpha value is -1.05. The second-order valence-corrected chi connectivity index (χ2v) is 1.75. The van der Waals surface area contributed by atoms with E-state index in [1.165, 1.54) is 5.57 Å². The van der Waals surface area contributed by atoms with Gasteiger partial charge in [0.1, 0.15) is 0 Å². The topological polar surface area (TPSA) is 37.3 Å². The van der Waals surface area contributed by atoms with Gasteiger partial charge in [-0.3, -0.25) is 0 Å². The molecule has 0 aliphatic rings. The molecule has 0 heterocycles. The molecule has 0 aliphatic carbocycles. The minimum Gasteiger partial charge on any atom is -0.478 e. The zero-order chi connectivity index (χ0) is 7.86. The van der Waals surface area contributed by atoms with Gasteiger partial charge in [0.25, 0.3) is 0 Å². The maximum absolute atomic E-state index is 9.25. The van der Waals surface area contributed by atoms with Gasteiger partial charge < -0.3 is 5.11 Å². The number of allylic oxidation sites excluding steroid dienone is 1. The minimum absolute atomic E-state index is 0. The molecule has 2 heteroatoms. The molecule has 0 fully saturated rings. The Kier molecular flexibility index (Phi) is 17.3. The Bertz CT molecular complexity index is 110. The van der Waals surface area contributed by atoms with E-state index in [9.17, 15) is 4.79 Å². The van der Waals surface area contributed by atoms with Gasteiger partial charge in [0.05, 0.1) is 0 Å². The SMILES string of the molecule is C.C=C(C)C.C=CC(=O)O. The fourth-order valence-electron chi connectivity index (χ4n) is 0. The Morgan fingerprint density at radius 2 is 1.60 bits per heavy atom. The average Bonchev–Trinajstić information content (AvgIpc) is 1.65. The number of aliphatic carboxylic acids is 1. The van der Waals surface area contributed by atoms with Crippen molar-refractivity contribution in [3.8, 4) is 0 Å². The quantitative estimate of drug-likeness (QED) is 0.453. The van der Waals surface area contributed by atoms with Crippen LogP contribution in [0.3, 0.4) is 0 Å². The van der Waals surface area contributed by atoms with E-state index in [4.69, 9.17) is 5.11 Å². The number of carbonyl (C=O) groups is 1. The summed E-state index contributed by atoms with van der Waals surface area (Å²) in [5.74, 6) is -0.981. The lowest BCUT2D eigenvalue weighted by Gasteiger charge is -1.65. The molecule has 2 nitrogen and oxygen atoms in total. The molecule has 10 heavy (non-hydrogen) atoms. The number of carboxylic acids is 1. The van der Waals surface area contributed by atoms with Crippen LogP contribution in [0.2, 0.25) is 0 Å². The first-order chi connectivity index (χ1) is 4.00. The van der Waals surface area contributed by atoms with E-state index in [1.807, 2.05) is 13.8 Å². The van der Waals surface area contributed by atoms with Crippen LogP contribution in [0.1, 0.15) is 21.3 Å². The van der Waals surface area contributed by atoms with Crippen LogP contribution in [0.5, 0.6) is 0 Å². The van der Waals surface area contributed by atoms with Crippen LogP contribution < -0.4 is 0 Å². The van der Waals surface area contributed by atoms with E-state index >= 15 is 0 Å². The number of rotatable bonds is 1. The van der Waals surface area contributed by atoms with Crippen molar-refractivity contribution in [1.82, 2.24) is 0 Å². The van der Waals surface area contributed by atoms with Crippen molar-refractivity contribution in [3.05, 3.63) is 24.8 Å². The van der Waals surface area contributed by atoms with Crippen molar-refractivity contribution in [2.75, 3.05) is 0 Å². The molecular formula is C8H16O2. The van der Waals surface area contributed by atoms with Crippen LogP contribution in [0.25, 0.3) is 0 Å². The predicted molar refractivity (Wildman–Crippen MR) is 45.1 cm³/mol. The Morgan fingerprint density at radius 3 is 1.60 bits per heavy atom. The van der Waals surface area contributed by atoms with Crippen LogP contribution >= 0.6 is 0 Å². The molecular weight excluding hydrogens is 128 g/mol. The van der Waals surface area contributed by atoms with Crippen LogP contribution in [0.15, 0.2) is 24.8 Å². The summed E-state index contributed by atoms with van der Waals surface area (Å²) in [6.07, 6.45) is 0.833. The molecule has 0 aliphatic heterocycles. The predicted octanol–water partition coefficient (Wildman–Crippen LogP) is 2.48. The highest BCUT2D eigenvalue weighted by Gasteiger charge is 1.73. The van der Waals surface area contributed by atoms with E-state index in [-0.39, 0.29) is 7.43 Å². The largest absolute Gasteiger partial charge is 0.478 e. The number of hydrogen-bond donors (Lipinski definition) is 1. The molecule has 1 N–H and O–H groups in total. The minimum atomic E-state index is -0.981. The first-order valence-corrected chi connectivity index (χ1v) is 2.48. The van der Waals surface area contributed by atoms with Crippen molar-refractivity contribution < 1.29 is 9.90 Å². The lowest BCUT2D eigenvalue weighted by atomic mass is 10.4. The first-order valence-electron chi connectivity index (χ1n) is 2.48. The highest BCUT2D eigenvalue weighted by Crippen LogP contribution is 1.73. The Balaban J connectivity index is -0.0000000910. The molecule has 0 radical (unpaired) electrons. The lowest BCUT2D eigenvalue weighted by Crippen LogP contribution is -1.82. The van der Waals surface area contributed by atoms with E-state index in [2.05, 4.69) is 13.2 Å². The Morgan fingerprint density at radius 1 is 1.50 bits per heavy atom. The molecule has 0 spiro atoms. The van der Waals surface area contributed by atoms with Gasteiger partial charge in [0, 0.05) is 6.08 Å². The maximum atomic E-state index is 9.25. The van der Waals surface area contributed by atoms with Crippen LogP contribution in [-0.2, 0) is 4.79 Å². The van der Waals surface area contributed by atoms with Crippen molar-refractivity contribution in [1.29, 1.82) is 0 Å². The van der Waals surface area contributed by atoms with Gasteiger partial charge in [-0.1, -0.05) is 19.6 Å². The third-order valence-electron chi connectivity index (χ3n) is 0.175. The van der Waals surface area contributed by atoms with Gasteiger partial charge in [0.15, 0.2) is 0 Å². The van der Waals surface area contributed by atoms with E-state index in [0.29, 0.717) is 0 Å². The molecule has 0 aromatic carbocycles. The maximum Gasteiger partial charge on any atom is 0.327 e. The second kappa shape index (κ2) is 10.8. The van der Waals surface area contributed by atoms with Gasteiger partial charge in [-0.2, -0.15) is 0 Å². The smallest absolute Gasteiger partial charge is 0.327 e. The zero-order valence-electron chi connectivity index (χ0n) is 5.85. The average molecular weight is 144 g/mol. The van der Waals surface area contributed by atoms with Crippen LogP contribution in [0, 0.1) is 0 Å². The molecule has 0 amide bonds. The second-order valence-electron chi connectivity index (χ2n) is 1.75. The monoisotopic (exact) mass is 144 g/mol. The number of carboxylic acid groups (broad SMARTS) is 1. The molecule has 0 bridgehead atoms. The van der Waals surface area contributed by atoms with Crippen molar-refractivity contribution in [2.24, 2.45) is 0 Å². The fraction of sp³-hybridized carbons (Fsp3) is 0.375. The zero-order valence-corrected chi connectivity index (χ0v) is 5.85. The third kappa shape index (κ3) is 273. The molecule has 0 unspecified atom stereocenters. The van der Waals surface area contributed by atoms with Crippen LogP contribution in [-0.4, -0.2) is 11.1 Å². The van der Waals surface area contributed by atoms with Gasteiger partial charge >= 0.3 is 5.97 Å². The summed E-state index contributed by atoms with van der Waals surface area (Å²) in [4.78, 5) is 9.25. The molecule has 0 aromatic rings. The van der Waals surface area contributed by atoms with Crippen molar-refractivity contribution in [2.45, 2.75) is 21.3 Å². The van der Waals surface area contributed by atoms with Gasteiger partial charge in [-0.25, -0.2) is 4.79 Å². The van der Waals surface area contributed by atoms with Crippen LogP contribution in [0.4, 0.5) is 0 Å². The molecule has 0 saturated heterocycles. The highest BCUT2D eigenvalue weighted by molar-refractivity contribution is 5.78. The summed E-state index contributed by atoms with van der Waals surface area (Å²) in [5, 5.41) is 7.60. The summed E-state index contributed by atoms with van der Waals surface area (Å²) in [6, 6.07) is 0. The molecule has 0 saturated carbocycles. The summed E-state index contributed by atoms with van der Waals surface area (Å²) < 4.78 is 0. The third-order valence-corrected chi connectivity index (χ3v) is 0.175. The summed E-state index contributed by atoms with van der Waals surface area (Å²) in [5.41, 5.74) is 1.17. The van der Waals surface area contributed by atoms with Crippen molar-refractivity contribution in [3.63, 3.8) is 0 Å². The highest BCUT2D eigenvalue weighted by atomic mass is 16.4. The lowest BCUT2D eigenvalue weighted by molar-refractivity contribution is -0.131. The molecule has 60 valence electrons. The molecule has 0 atom stereocenters. The normalized spacial score (nSPS) is 5.80. The summed E-state index contributed by atoms with van der Waals surface area (Å²) in [6.45, 7) is 10.5. The Labute approximate surface area is 62.9 Å².